The van der Waals surface area contributed by atoms with Gasteiger partial charge in [-0.15, -0.1) is 0 Å². The SMILES string of the molecule is CC(C)(C)OC(=O)COc1cccc(-c2n[c]ccn2)c1. The summed E-state index contributed by atoms with van der Waals surface area (Å²) in [6.07, 6.45) is 4.35. The van der Waals surface area contributed by atoms with Crippen LogP contribution in [-0.4, -0.2) is 28.1 Å². The first-order chi connectivity index (χ1) is 9.94. The minimum atomic E-state index is -0.518. The molecule has 1 heterocycles. The number of carbonyl (C=O) groups excluding carboxylic acids is 1. The third-order valence-corrected chi connectivity index (χ3v) is 2.39. The fraction of sp³-hybridized carbons (Fsp3) is 0.312. The third-order valence-electron chi connectivity index (χ3n) is 2.39. The van der Waals surface area contributed by atoms with E-state index in [-0.39, 0.29) is 6.61 Å². The molecule has 1 aromatic carbocycles. The Bertz CT molecular complexity index is 606. The maximum atomic E-state index is 11.6. The number of aromatic nitrogens is 2. The zero-order valence-electron chi connectivity index (χ0n) is 12.3. The molecule has 0 spiro atoms. The molecule has 0 saturated carbocycles. The molecule has 1 radical (unpaired) electrons. The molecule has 0 amide bonds. The zero-order chi connectivity index (χ0) is 15.3. The lowest BCUT2D eigenvalue weighted by Crippen LogP contribution is -2.27. The van der Waals surface area contributed by atoms with Crippen molar-refractivity contribution in [2.75, 3.05) is 6.61 Å². The molecule has 1 aromatic heterocycles. The van der Waals surface area contributed by atoms with E-state index in [1.54, 1.807) is 24.4 Å². The summed E-state index contributed by atoms with van der Waals surface area (Å²) in [7, 11) is 0. The van der Waals surface area contributed by atoms with Gasteiger partial charge in [-0.25, -0.2) is 14.8 Å². The van der Waals surface area contributed by atoms with E-state index in [1.165, 1.54) is 0 Å². The molecular weight excluding hydrogens is 268 g/mol. The minimum Gasteiger partial charge on any atom is -0.482 e. The smallest absolute Gasteiger partial charge is 0.344 e. The maximum absolute atomic E-state index is 11.6. The molecule has 0 N–H and O–H groups in total. The van der Waals surface area contributed by atoms with E-state index in [1.807, 2.05) is 32.9 Å². The van der Waals surface area contributed by atoms with Crippen LogP contribution in [0.15, 0.2) is 36.5 Å². The topological polar surface area (TPSA) is 61.3 Å². The Morgan fingerprint density at radius 3 is 2.81 bits per heavy atom. The van der Waals surface area contributed by atoms with Gasteiger partial charge in [0.1, 0.15) is 11.4 Å². The second-order valence-corrected chi connectivity index (χ2v) is 5.41. The van der Waals surface area contributed by atoms with E-state index in [0.717, 1.165) is 5.56 Å². The first-order valence-electron chi connectivity index (χ1n) is 6.58. The lowest BCUT2D eigenvalue weighted by molar-refractivity contribution is -0.157. The standard InChI is InChI=1S/C16H17N2O3/c1-16(2,3)21-14(19)11-20-13-7-4-6-12(10-13)15-17-8-5-9-18-15/h4-8,10H,11H2,1-3H3. The average Bonchev–Trinajstić information content (AvgIpc) is 2.45. The van der Waals surface area contributed by atoms with E-state index in [0.29, 0.717) is 11.6 Å². The minimum absolute atomic E-state index is 0.136. The molecule has 0 fully saturated rings. The number of esters is 1. The molecule has 0 aliphatic carbocycles. The van der Waals surface area contributed by atoms with Gasteiger partial charge in [0, 0.05) is 11.8 Å². The zero-order valence-corrected chi connectivity index (χ0v) is 12.3. The van der Waals surface area contributed by atoms with E-state index >= 15 is 0 Å². The van der Waals surface area contributed by atoms with Gasteiger partial charge in [0.2, 0.25) is 0 Å². The van der Waals surface area contributed by atoms with E-state index < -0.39 is 11.6 Å². The van der Waals surface area contributed by atoms with Crippen LogP contribution in [0, 0.1) is 6.20 Å². The molecule has 0 bridgehead atoms. The maximum Gasteiger partial charge on any atom is 0.344 e. The van der Waals surface area contributed by atoms with Crippen LogP contribution < -0.4 is 4.74 Å². The Labute approximate surface area is 124 Å². The monoisotopic (exact) mass is 285 g/mol. The highest BCUT2D eigenvalue weighted by Crippen LogP contribution is 2.20. The first-order valence-corrected chi connectivity index (χ1v) is 6.58. The summed E-state index contributed by atoms with van der Waals surface area (Å²) in [5.74, 6) is 0.711. The molecule has 5 heteroatoms. The van der Waals surface area contributed by atoms with Gasteiger partial charge >= 0.3 is 5.97 Å². The molecule has 0 aliphatic rings. The number of nitrogens with zero attached hydrogens (tertiary/aromatic N) is 2. The number of carbonyl (C=O) groups is 1. The van der Waals surface area contributed by atoms with Crippen molar-refractivity contribution in [2.24, 2.45) is 0 Å². The molecule has 109 valence electrons. The highest BCUT2D eigenvalue weighted by atomic mass is 16.6. The van der Waals surface area contributed by atoms with Crippen LogP contribution in [0.4, 0.5) is 0 Å². The Morgan fingerprint density at radius 2 is 2.14 bits per heavy atom. The van der Waals surface area contributed by atoms with Crippen molar-refractivity contribution in [2.45, 2.75) is 26.4 Å². The quantitative estimate of drug-likeness (QED) is 0.808. The van der Waals surface area contributed by atoms with Crippen molar-refractivity contribution in [1.29, 1.82) is 0 Å². The molecule has 21 heavy (non-hydrogen) atoms. The van der Waals surface area contributed by atoms with Crippen molar-refractivity contribution >= 4 is 5.97 Å². The van der Waals surface area contributed by atoms with Gasteiger partial charge in [-0.2, -0.15) is 0 Å². The van der Waals surface area contributed by atoms with Gasteiger partial charge < -0.3 is 9.47 Å². The second-order valence-electron chi connectivity index (χ2n) is 5.41. The van der Waals surface area contributed by atoms with Crippen molar-refractivity contribution < 1.29 is 14.3 Å². The molecule has 0 aliphatic heterocycles. The van der Waals surface area contributed by atoms with Gasteiger partial charge in [-0.3, -0.25) is 0 Å². The number of hydrogen-bond donors (Lipinski definition) is 0. The second kappa shape index (κ2) is 6.35. The Morgan fingerprint density at radius 1 is 1.33 bits per heavy atom. The lowest BCUT2D eigenvalue weighted by Gasteiger charge is -2.19. The summed E-state index contributed by atoms with van der Waals surface area (Å²) in [4.78, 5) is 19.8. The van der Waals surface area contributed by atoms with E-state index in [2.05, 4.69) is 16.2 Å². The number of benzene rings is 1. The average molecular weight is 285 g/mol. The Kier molecular flexibility index (Phi) is 4.52. The fourth-order valence-electron chi connectivity index (χ4n) is 1.65. The predicted molar refractivity (Wildman–Crippen MR) is 77.6 cm³/mol. The van der Waals surface area contributed by atoms with Gasteiger partial charge in [0.25, 0.3) is 0 Å². The summed E-state index contributed by atoms with van der Waals surface area (Å²) >= 11 is 0. The molecule has 0 atom stereocenters. The van der Waals surface area contributed by atoms with E-state index in [4.69, 9.17) is 9.47 Å². The highest BCUT2D eigenvalue weighted by Gasteiger charge is 2.16. The van der Waals surface area contributed by atoms with Crippen LogP contribution in [0.3, 0.4) is 0 Å². The predicted octanol–water partition coefficient (Wildman–Crippen LogP) is 2.66. The van der Waals surface area contributed by atoms with Crippen molar-refractivity contribution in [3.8, 4) is 17.1 Å². The molecule has 5 nitrogen and oxygen atoms in total. The van der Waals surface area contributed by atoms with Crippen LogP contribution in [0.5, 0.6) is 5.75 Å². The van der Waals surface area contributed by atoms with Crippen molar-refractivity contribution in [1.82, 2.24) is 9.97 Å². The third kappa shape index (κ3) is 4.87. The van der Waals surface area contributed by atoms with Crippen LogP contribution >= 0.6 is 0 Å². The molecule has 2 aromatic rings. The normalized spacial score (nSPS) is 11.0. The summed E-state index contributed by atoms with van der Waals surface area (Å²) in [5, 5.41) is 0. The van der Waals surface area contributed by atoms with E-state index in [9.17, 15) is 4.79 Å². The molecule has 0 unspecified atom stereocenters. The van der Waals surface area contributed by atoms with Crippen molar-refractivity contribution in [3.63, 3.8) is 0 Å². The summed E-state index contributed by atoms with van der Waals surface area (Å²) in [6, 6.07) is 8.85. The van der Waals surface area contributed by atoms with Gasteiger partial charge in [-0.05, 0) is 39.0 Å². The van der Waals surface area contributed by atoms with Gasteiger partial charge in [0.15, 0.2) is 12.4 Å². The summed E-state index contributed by atoms with van der Waals surface area (Å²) in [5.41, 5.74) is 0.282. The van der Waals surface area contributed by atoms with Crippen LogP contribution in [-0.2, 0) is 9.53 Å². The van der Waals surface area contributed by atoms with Crippen molar-refractivity contribution in [3.05, 3.63) is 42.7 Å². The molecule has 2 rings (SSSR count). The summed E-state index contributed by atoms with van der Waals surface area (Å²) < 4.78 is 10.6. The lowest BCUT2D eigenvalue weighted by atomic mass is 10.2. The fourth-order valence-corrected chi connectivity index (χ4v) is 1.65. The highest BCUT2D eigenvalue weighted by molar-refractivity contribution is 5.71. The van der Waals surface area contributed by atoms with Gasteiger partial charge in [0.05, 0.1) is 6.20 Å². The van der Waals surface area contributed by atoms with Gasteiger partial charge in [-0.1, -0.05) is 12.1 Å². The first kappa shape index (κ1) is 15.0. The van der Waals surface area contributed by atoms with Crippen LogP contribution in [0.1, 0.15) is 20.8 Å². The molecular formula is C16H17N2O3. The van der Waals surface area contributed by atoms with Crippen LogP contribution in [0.2, 0.25) is 0 Å². The van der Waals surface area contributed by atoms with Crippen LogP contribution in [0.25, 0.3) is 11.4 Å². The summed E-state index contributed by atoms with van der Waals surface area (Å²) in [6.45, 7) is 5.31. The Hall–Kier alpha value is -2.43. The number of rotatable bonds is 4. The number of ether oxygens (including phenoxy) is 2. The Balaban J connectivity index is 2.01. The number of hydrogen-bond acceptors (Lipinski definition) is 5. The molecule has 0 saturated heterocycles. The largest absolute Gasteiger partial charge is 0.482 e.